The van der Waals surface area contributed by atoms with Gasteiger partial charge in [0, 0.05) is 12.6 Å². The van der Waals surface area contributed by atoms with Crippen molar-refractivity contribution in [1.29, 1.82) is 0 Å². The summed E-state index contributed by atoms with van der Waals surface area (Å²) in [6, 6.07) is 1.16. The molecule has 1 unspecified atom stereocenters. The summed E-state index contributed by atoms with van der Waals surface area (Å²) >= 11 is 1.60. The van der Waals surface area contributed by atoms with Gasteiger partial charge in [-0.1, -0.05) is 13.8 Å². The number of hydrogen-bond donors (Lipinski definition) is 2. The van der Waals surface area contributed by atoms with Crippen LogP contribution in [-0.2, 0) is 11.3 Å². The average Bonchev–Trinajstić information content (AvgIpc) is 3.11. The number of nitrogens with one attached hydrogen (secondary N) is 1. The van der Waals surface area contributed by atoms with Gasteiger partial charge in [0.25, 0.3) is 0 Å². The maximum Gasteiger partial charge on any atom is 0.326 e. The summed E-state index contributed by atoms with van der Waals surface area (Å²) in [5.41, 5.74) is 1.10. The normalized spacial score (nSPS) is 15.8. The zero-order valence-electron chi connectivity index (χ0n) is 12.4. The van der Waals surface area contributed by atoms with Crippen molar-refractivity contribution < 1.29 is 14.7 Å². The van der Waals surface area contributed by atoms with Crippen LogP contribution in [-0.4, -0.2) is 34.1 Å². The fourth-order valence-corrected chi connectivity index (χ4v) is 2.92. The zero-order chi connectivity index (χ0) is 15.4. The lowest BCUT2D eigenvalue weighted by Gasteiger charge is -2.25. The van der Waals surface area contributed by atoms with Gasteiger partial charge in [-0.05, 0) is 47.6 Å². The highest BCUT2D eigenvalue weighted by Gasteiger charge is 2.34. The highest BCUT2D eigenvalue weighted by Crippen LogP contribution is 2.29. The number of rotatable bonds is 7. The van der Waals surface area contributed by atoms with E-state index < -0.39 is 12.0 Å². The smallest absolute Gasteiger partial charge is 0.326 e. The highest BCUT2D eigenvalue weighted by atomic mass is 32.1. The van der Waals surface area contributed by atoms with Crippen molar-refractivity contribution in [1.82, 2.24) is 10.2 Å². The predicted molar refractivity (Wildman–Crippen MR) is 82.3 cm³/mol. The summed E-state index contributed by atoms with van der Waals surface area (Å²) in [7, 11) is 0. The van der Waals surface area contributed by atoms with Gasteiger partial charge in [0.1, 0.15) is 6.04 Å². The minimum absolute atomic E-state index is 0.220. The van der Waals surface area contributed by atoms with Crippen molar-refractivity contribution in [2.24, 2.45) is 5.92 Å². The van der Waals surface area contributed by atoms with Crippen LogP contribution in [0.1, 0.15) is 38.7 Å². The molecule has 0 saturated heterocycles. The van der Waals surface area contributed by atoms with Crippen molar-refractivity contribution in [3.63, 3.8) is 0 Å². The van der Waals surface area contributed by atoms with Crippen molar-refractivity contribution in [2.75, 3.05) is 0 Å². The van der Waals surface area contributed by atoms with Crippen molar-refractivity contribution in [2.45, 2.75) is 51.7 Å². The van der Waals surface area contributed by atoms with Gasteiger partial charge in [-0.25, -0.2) is 9.59 Å². The van der Waals surface area contributed by atoms with Gasteiger partial charge in [-0.15, -0.1) is 0 Å². The second kappa shape index (κ2) is 6.93. The van der Waals surface area contributed by atoms with E-state index in [0.717, 1.165) is 18.4 Å². The molecule has 0 spiro atoms. The first kappa shape index (κ1) is 15.8. The van der Waals surface area contributed by atoms with Crippen LogP contribution in [0.4, 0.5) is 4.79 Å². The average molecular weight is 310 g/mol. The number of thiophene rings is 1. The molecule has 1 atom stereocenters. The maximum atomic E-state index is 12.4. The Morgan fingerprint density at radius 1 is 1.48 bits per heavy atom. The standard InChI is InChI=1S/C15H22N2O3S/c1-10(2)7-13(14(18)19)16-15(20)17(12-3-4-12)8-11-5-6-21-9-11/h5-6,9-10,12-13H,3-4,7-8H2,1-2H3,(H,16,20)(H,18,19). The monoisotopic (exact) mass is 310 g/mol. The second-order valence-electron chi connectivity index (χ2n) is 5.96. The van der Waals surface area contributed by atoms with E-state index in [1.807, 2.05) is 30.7 Å². The van der Waals surface area contributed by atoms with Gasteiger partial charge in [0.05, 0.1) is 0 Å². The van der Waals surface area contributed by atoms with E-state index in [-0.39, 0.29) is 18.0 Å². The van der Waals surface area contributed by atoms with E-state index in [4.69, 9.17) is 0 Å². The predicted octanol–water partition coefficient (Wildman–Crippen LogP) is 2.92. The molecule has 1 heterocycles. The summed E-state index contributed by atoms with van der Waals surface area (Å²) in [6.45, 7) is 4.45. The molecule has 21 heavy (non-hydrogen) atoms. The molecule has 2 N–H and O–H groups in total. The van der Waals surface area contributed by atoms with Crippen LogP contribution in [0.5, 0.6) is 0 Å². The molecule has 0 aromatic carbocycles. The molecule has 1 aliphatic rings. The Morgan fingerprint density at radius 3 is 2.67 bits per heavy atom. The third-order valence-electron chi connectivity index (χ3n) is 3.48. The molecule has 1 aliphatic carbocycles. The van der Waals surface area contributed by atoms with Crippen LogP contribution in [0.15, 0.2) is 16.8 Å². The topological polar surface area (TPSA) is 69.6 Å². The number of urea groups is 1. The first-order chi connectivity index (χ1) is 9.97. The number of nitrogens with zero attached hydrogens (tertiary/aromatic N) is 1. The van der Waals surface area contributed by atoms with E-state index in [9.17, 15) is 14.7 Å². The minimum Gasteiger partial charge on any atom is -0.480 e. The zero-order valence-corrected chi connectivity index (χ0v) is 13.2. The van der Waals surface area contributed by atoms with Crippen LogP contribution in [0.3, 0.4) is 0 Å². The molecular formula is C15H22N2O3S. The van der Waals surface area contributed by atoms with Crippen molar-refractivity contribution in [3.8, 4) is 0 Å². The number of amides is 2. The SMILES string of the molecule is CC(C)CC(NC(=O)N(Cc1ccsc1)C1CC1)C(=O)O. The quantitative estimate of drug-likeness (QED) is 0.813. The van der Waals surface area contributed by atoms with Gasteiger partial charge in [-0.3, -0.25) is 0 Å². The second-order valence-corrected chi connectivity index (χ2v) is 6.74. The molecule has 1 fully saturated rings. The van der Waals surface area contributed by atoms with Gasteiger partial charge in [-0.2, -0.15) is 11.3 Å². The molecule has 116 valence electrons. The molecule has 0 radical (unpaired) electrons. The molecule has 0 aliphatic heterocycles. The molecule has 2 rings (SSSR count). The van der Waals surface area contributed by atoms with Crippen molar-refractivity contribution >= 4 is 23.3 Å². The lowest BCUT2D eigenvalue weighted by Crippen LogP contribution is -2.48. The molecule has 1 saturated carbocycles. The molecule has 2 amide bonds. The van der Waals surface area contributed by atoms with Crippen molar-refractivity contribution in [3.05, 3.63) is 22.4 Å². The number of aliphatic carboxylic acids is 1. The third kappa shape index (κ3) is 4.74. The third-order valence-corrected chi connectivity index (χ3v) is 4.22. The summed E-state index contributed by atoms with van der Waals surface area (Å²) in [4.78, 5) is 25.4. The Labute approximate surface area is 129 Å². The first-order valence-electron chi connectivity index (χ1n) is 7.28. The van der Waals surface area contributed by atoms with Crippen LogP contribution < -0.4 is 5.32 Å². The molecule has 1 aromatic rings. The van der Waals surface area contributed by atoms with Gasteiger partial charge < -0.3 is 15.3 Å². The van der Waals surface area contributed by atoms with E-state index in [1.165, 1.54) is 0 Å². The van der Waals surface area contributed by atoms with E-state index >= 15 is 0 Å². The summed E-state index contributed by atoms with van der Waals surface area (Å²) in [6.07, 6.45) is 2.44. The van der Waals surface area contributed by atoms with E-state index in [0.29, 0.717) is 13.0 Å². The number of carboxylic acid groups (broad SMARTS) is 1. The Kier molecular flexibility index (Phi) is 5.22. The van der Waals surface area contributed by atoms with E-state index in [2.05, 4.69) is 5.32 Å². The van der Waals surface area contributed by atoms with E-state index in [1.54, 1.807) is 16.2 Å². The molecule has 6 heteroatoms. The maximum absolute atomic E-state index is 12.4. The van der Waals surface area contributed by atoms with Crippen LogP contribution >= 0.6 is 11.3 Å². The number of carbonyl (C=O) groups is 2. The number of hydrogen-bond acceptors (Lipinski definition) is 3. The largest absolute Gasteiger partial charge is 0.480 e. The minimum atomic E-state index is -0.969. The lowest BCUT2D eigenvalue weighted by atomic mass is 10.0. The summed E-state index contributed by atoms with van der Waals surface area (Å²) in [5, 5.41) is 15.9. The molecule has 0 bridgehead atoms. The lowest BCUT2D eigenvalue weighted by molar-refractivity contribution is -0.139. The first-order valence-corrected chi connectivity index (χ1v) is 8.22. The Hall–Kier alpha value is -1.56. The number of carboxylic acids is 1. The fourth-order valence-electron chi connectivity index (χ4n) is 2.26. The Morgan fingerprint density at radius 2 is 2.19 bits per heavy atom. The van der Waals surface area contributed by atoms with Crippen LogP contribution in [0.2, 0.25) is 0 Å². The highest BCUT2D eigenvalue weighted by molar-refractivity contribution is 7.07. The summed E-state index contributed by atoms with van der Waals surface area (Å²) < 4.78 is 0. The van der Waals surface area contributed by atoms with Gasteiger partial charge in [0.15, 0.2) is 0 Å². The van der Waals surface area contributed by atoms with Crippen LogP contribution in [0.25, 0.3) is 0 Å². The molecule has 5 nitrogen and oxygen atoms in total. The molecule has 1 aromatic heterocycles. The Balaban J connectivity index is 1.99. The number of carbonyl (C=O) groups excluding carboxylic acids is 1. The van der Waals surface area contributed by atoms with Gasteiger partial charge in [0.2, 0.25) is 0 Å². The summed E-state index contributed by atoms with van der Waals surface area (Å²) in [5.74, 6) is -0.749. The fraction of sp³-hybridized carbons (Fsp3) is 0.600. The molecular weight excluding hydrogens is 288 g/mol. The Bertz CT molecular complexity index is 483. The van der Waals surface area contributed by atoms with Crippen LogP contribution in [0, 0.1) is 5.92 Å². The van der Waals surface area contributed by atoms with Gasteiger partial charge >= 0.3 is 12.0 Å².